The first-order chi connectivity index (χ1) is 12.0. The topological polar surface area (TPSA) is 120 Å². The van der Waals surface area contributed by atoms with Crippen LogP contribution in [0.15, 0.2) is 30.5 Å². The predicted octanol–water partition coefficient (Wildman–Crippen LogP) is 1.37. The van der Waals surface area contributed by atoms with Crippen molar-refractivity contribution in [3.05, 3.63) is 35.5 Å². The van der Waals surface area contributed by atoms with Gasteiger partial charge in [-0.3, -0.25) is 14.6 Å². The van der Waals surface area contributed by atoms with Crippen LogP contribution in [0.2, 0.25) is 5.02 Å². The van der Waals surface area contributed by atoms with E-state index in [1.807, 2.05) is 6.07 Å². The Morgan fingerprint density at radius 2 is 2.08 bits per heavy atom. The summed E-state index contributed by atoms with van der Waals surface area (Å²) in [5.41, 5.74) is 11.3. The van der Waals surface area contributed by atoms with Crippen molar-refractivity contribution >= 4 is 34.3 Å². The Bertz CT molecular complexity index is 754. The number of amides is 2. The minimum absolute atomic E-state index is 0.256. The van der Waals surface area contributed by atoms with Gasteiger partial charge in [0.15, 0.2) is 6.61 Å². The number of unbranched alkanes of at least 4 members (excludes halogenated alkanes) is 1. The standard InChI is InChI=1S/C17H21ClN4O3/c18-12-6-7-14(16-11(12)4-3-9-21-16)25-10-15(23)22-13(17(20)24)5-1-2-8-19/h3-4,6-7,9,13H,1-2,5,8,10,19H2,(H2,20,24)(H,22,23). The smallest absolute Gasteiger partial charge is 0.258 e. The third-order valence-corrected chi connectivity index (χ3v) is 3.99. The van der Waals surface area contributed by atoms with Crippen molar-refractivity contribution in [3.63, 3.8) is 0 Å². The van der Waals surface area contributed by atoms with Gasteiger partial charge in [-0.25, -0.2) is 0 Å². The van der Waals surface area contributed by atoms with Gasteiger partial charge in [-0.1, -0.05) is 11.6 Å². The molecule has 0 saturated heterocycles. The molecule has 2 rings (SSSR count). The van der Waals surface area contributed by atoms with Crippen molar-refractivity contribution < 1.29 is 14.3 Å². The second kappa shape index (κ2) is 9.19. The van der Waals surface area contributed by atoms with Crippen LogP contribution < -0.4 is 21.5 Å². The lowest BCUT2D eigenvalue weighted by atomic mass is 10.1. The molecule has 0 aliphatic carbocycles. The first kappa shape index (κ1) is 19.0. The number of pyridine rings is 1. The number of aromatic nitrogens is 1. The molecule has 1 aromatic carbocycles. The molecule has 7 nitrogen and oxygen atoms in total. The van der Waals surface area contributed by atoms with Crippen LogP contribution in [0.4, 0.5) is 0 Å². The van der Waals surface area contributed by atoms with E-state index < -0.39 is 17.9 Å². The molecule has 8 heteroatoms. The highest BCUT2D eigenvalue weighted by atomic mass is 35.5. The van der Waals surface area contributed by atoms with Crippen molar-refractivity contribution in [1.82, 2.24) is 10.3 Å². The minimum atomic E-state index is -0.734. The van der Waals surface area contributed by atoms with Crippen molar-refractivity contribution in [2.45, 2.75) is 25.3 Å². The Morgan fingerprint density at radius 1 is 1.28 bits per heavy atom. The number of primary amides is 1. The van der Waals surface area contributed by atoms with Gasteiger partial charge in [-0.05, 0) is 50.1 Å². The molecule has 134 valence electrons. The third kappa shape index (κ3) is 5.30. The maximum Gasteiger partial charge on any atom is 0.258 e. The minimum Gasteiger partial charge on any atom is -0.481 e. The molecule has 0 radical (unpaired) electrons. The fourth-order valence-corrected chi connectivity index (χ4v) is 2.60. The van der Waals surface area contributed by atoms with E-state index in [2.05, 4.69) is 10.3 Å². The lowest BCUT2D eigenvalue weighted by Gasteiger charge is -2.16. The molecule has 5 N–H and O–H groups in total. The zero-order valence-electron chi connectivity index (χ0n) is 13.7. The molecule has 2 aromatic rings. The summed E-state index contributed by atoms with van der Waals surface area (Å²) in [6.07, 6.45) is 3.53. The Labute approximate surface area is 150 Å². The van der Waals surface area contributed by atoms with Crippen LogP contribution in [0.5, 0.6) is 5.75 Å². The lowest BCUT2D eigenvalue weighted by molar-refractivity contribution is -0.128. The van der Waals surface area contributed by atoms with Crippen molar-refractivity contribution in [2.24, 2.45) is 11.5 Å². The van der Waals surface area contributed by atoms with E-state index in [1.54, 1.807) is 24.4 Å². The third-order valence-electron chi connectivity index (χ3n) is 3.66. The number of carbonyl (C=O) groups excluding carboxylic acids is 2. The summed E-state index contributed by atoms with van der Waals surface area (Å²) in [7, 11) is 0. The van der Waals surface area contributed by atoms with E-state index >= 15 is 0 Å². The molecule has 2 amide bonds. The SMILES string of the molecule is NCCCCC(NC(=O)COc1ccc(Cl)c2cccnc12)C(N)=O. The number of hydrogen-bond donors (Lipinski definition) is 3. The van der Waals surface area contributed by atoms with E-state index in [1.165, 1.54) is 0 Å². The Morgan fingerprint density at radius 3 is 2.80 bits per heavy atom. The number of fused-ring (bicyclic) bond motifs is 1. The number of halogens is 1. The maximum atomic E-state index is 12.1. The second-order valence-electron chi connectivity index (χ2n) is 5.54. The van der Waals surface area contributed by atoms with Crippen molar-refractivity contribution in [2.75, 3.05) is 13.2 Å². The predicted molar refractivity (Wildman–Crippen MR) is 96.3 cm³/mol. The van der Waals surface area contributed by atoms with Crippen LogP contribution >= 0.6 is 11.6 Å². The van der Waals surface area contributed by atoms with Gasteiger partial charge in [0.25, 0.3) is 5.91 Å². The molecule has 0 bridgehead atoms. The second-order valence-corrected chi connectivity index (χ2v) is 5.95. The van der Waals surface area contributed by atoms with Crippen molar-refractivity contribution in [1.29, 1.82) is 0 Å². The highest BCUT2D eigenvalue weighted by molar-refractivity contribution is 6.35. The summed E-state index contributed by atoms with van der Waals surface area (Å²) in [6.45, 7) is 0.271. The van der Waals surface area contributed by atoms with Crippen LogP contribution in [0, 0.1) is 0 Å². The zero-order valence-corrected chi connectivity index (χ0v) is 14.5. The van der Waals surface area contributed by atoms with E-state index in [4.69, 9.17) is 27.8 Å². The van der Waals surface area contributed by atoms with Crippen LogP contribution in [-0.2, 0) is 9.59 Å². The van der Waals surface area contributed by atoms with Crippen LogP contribution in [0.1, 0.15) is 19.3 Å². The normalized spacial score (nSPS) is 11.9. The van der Waals surface area contributed by atoms with Crippen LogP contribution in [0.25, 0.3) is 10.9 Å². The Hall–Kier alpha value is -2.38. The summed E-state index contributed by atoms with van der Waals surface area (Å²) in [6, 6.07) is 6.18. The summed E-state index contributed by atoms with van der Waals surface area (Å²) < 4.78 is 5.54. The number of hydrogen-bond acceptors (Lipinski definition) is 5. The van der Waals surface area contributed by atoms with E-state index in [0.717, 1.165) is 11.8 Å². The summed E-state index contributed by atoms with van der Waals surface area (Å²) >= 11 is 6.12. The average Bonchev–Trinajstić information content (AvgIpc) is 2.60. The van der Waals surface area contributed by atoms with Gasteiger partial charge < -0.3 is 21.5 Å². The summed E-state index contributed by atoms with van der Waals surface area (Å²) in [5, 5.41) is 3.86. The first-order valence-electron chi connectivity index (χ1n) is 7.97. The molecule has 25 heavy (non-hydrogen) atoms. The summed E-state index contributed by atoms with van der Waals surface area (Å²) in [5.74, 6) is -0.575. The monoisotopic (exact) mass is 364 g/mol. The molecule has 0 fully saturated rings. The van der Waals surface area contributed by atoms with Gasteiger partial charge >= 0.3 is 0 Å². The molecular weight excluding hydrogens is 344 g/mol. The van der Waals surface area contributed by atoms with Gasteiger partial charge in [0.1, 0.15) is 17.3 Å². The molecule has 1 atom stereocenters. The molecule has 1 aromatic heterocycles. The maximum absolute atomic E-state index is 12.1. The fourth-order valence-electron chi connectivity index (χ4n) is 2.39. The molecular formula is C17H21ClN4O3. The van der Waals surface area contributed by atoms with Gasteiger partial charge in [0.2, 0.25) is 5.91 Å². The van der Waals surface area contributed by atoms with E-state index in [-0.39, 0.29) is 6.61 Å². The van der Waals surface area contributed by atoms with Gasteiger partial charge in [0.05, 0.1) is 5.02 Å². The molecule has 1 heterocycles. The molecule has 0 aliphatic rings. The fraction of sp³-hybridized carbons (Fsp3) is 0.353. The Kier molecular flexibility index (Phi) is 6.97. The number of rotatable bonds is 9. The number of benzene rings is 1. The molecule has 0 aliphatic heterocycles. The largest absolute Gasteiger partial charge is 0.481 e. The number of ether oxygens (including phenoxy) is 1. The first-order valence-corrected chi connectivity index (χ1v) is 8.35. The van der Waals surface area contributed by atoms with Crippen LogP contribution in [0.3, 0.4) is 0 Å². The average molecular weight is 365 g/mol. The van der Waals surface area contributed by atoms with Crippen molar-refractivity contribution in [3.8, 4) is 5.75 Å². The highest BCUT2D eigenvalue weighted by Gasteiger charge is 2.18. The zero-order chi connectivity index (χ0) is 18.2. The van der Waals surface area contributed by atoms with Gasteiger partial charge in [-0.15, -0.1) is 0 Å². The summed E-state index contributed by atoms with van der Waals surface area (Å²) in [4.78, 5) is 27.7. The molecule has 0 spiro atoms. The van der Waals surface area contributed by atoms with E-state index in [9.17, 15) is 9.59 Å². The number of nitrogens with one attached hydrogen (secondary N) is 1. The van der Waals surface area contributed by atoms with Gasteiger partial charge in [-0.2, -0.15) is 0 Å². The quantitative estimate of drug-likeness (QED) is 0.580. The molecule has 1 unspecified atom stereocenters. The van der Waals surface area contributed by atoms with E-state index in [0.29, 0.717) is 35.7 Å². The number of nitrogens with zero attached hydrogens (tertiary/aromatic N) is 1. The lowest BCUT2D eigenvalue weighted by Crippen LogP contribution is -2.46. The highest BCUT2D eigenvalue weighted by Crippen LogP contribution is 2.29. The molecule has 0 saturated carbocycles. The Balaban J connectivity index is 1.97. The number of carbonyl (C=O) groups is 2. The van der Waals surface area contributed by atoms with Gasteiger partial charge in [0, 0.05) is 11.6 Å². The van der Waals surface area contributed by atoms with Crippen LogP contribution in [-0.4, -0.2) is 36.0 Å². The number of nitrogens with two attached hydrogens (primary N) is 2.